The monoisotopic (exact) mass is 502 g/mol. The fourth-order valence-electron chi connectivity index (χ4n) is 5.01. The number of rotatable bonds is 8. The number of nitrogens with zero attached hydrogens (tertiary/aromatic N) is 3. The van der Waals surface area contributed by atoms with E-state index in [4.69, 9.17) is 16.1 Å². The minimum Gasteiger partial charge on any atom is -0.356 e. The van der Waals surface area contributed by atoms with Gasteiger partial charge in [0.2, 0.25) is 17.6 Å². The lowest BCUT2D eigenvalue weighted by atomic mass is 9.94. The molecule has 4 aromatic rings. The Balaban J connectivity index is 1.13. The van der Waals surface area contributed by atoms with Crippen molar-refractivity contribution in [2.45, 2.75) is 32.7 Å². The molecule has 6 nitrogen and oxygen atoms in total. The molecule has 1 aromatic heterocycles. The molecule has 2 atom stereocenters. The maximum atomic E-state index is 13.0. The number of amides is 1. The minimum absolute atomic E-state index is 0.0329. The molecule has 186 valence electrons. The molecule has 5 rings (SSSR count). The summed E-state index contributed by atoms with van der Waals surface area (Å²) in [5.74, 6) is 1.47. The number of nitrogens with one attached hydrogen (secondary N) is 1. The number of hydrogen-bond donors (Lipinski definition) is 1. The van der Waals surface area contributed by atoms with Crippen LogP contribution >= 0.6 is 11.6 Å². The van der Waals surface area contributed by atoms with E-state index in [1.54, 1.807) is 0 Å². The van der Waals surface area contributed by atoms with Crippen LogP contribution in [-0.4, -0.2) is 40.6 Å². The quantitative estimate of drug-likeness (QED) is 0.332. The van der Waals surface area contributed by atoms with Gasteiger partial charge in [0.05, 0.1) is 17.5 Å². The first-order valence-electron chi connectivity index (χ1n) is 12.6. The second kappa shape index (κ2) is 11.2. The average molecular weight is 503 g/mol. The van der Waals surface area contributed by atoms with Crippen molar-refractivity contribution in [1.82, 2.24) is 20.4 Å². The van der Waals surface area contributed by atoms with Crippen molar-refractivity contribution in [3.63, 3.8) is 0 Å². The Morgan fingerprint density at radius 2 is 1.94 bits per heavy atom. The molecule has 2 heterocycles. The van der Waals surface area contributed by atoms with E-state index in [1.165, 1.54) is 16.3 Å². The molecular formula is C29H31ClN4O2. The van der Waals surface area contributed by atoms with E-state index in [0.717, 1.165) is 31.4 Å². The van der Waals surface area contributed by atoms with E-state index in [0.29, 0.717) is 42.3 Å². The average Bonchev–Trinajstić information content (AvgIpc) is 3.36. The van der Waals surface area contributed by atoms with Gasteiger partial charge in [-0.2, -0.15) is 4.98 Å². The predicted molar refractivity (Wildman–Crippen MR) is 143 cm³/mol. The number of aromatic nitrogens is 2. The number of likely N-dealkylation sites (tertiary alicyclic amines) is 1. The van der Waals surface area contributed by atoms with Crippen LogP contribution in [0.3, 0.4) is 0 Å². The highest BCUT2D eigenvalue weighted by atomic mass is 35.5. The van der Waals surface area contributed by atoms with Crippen molar-refractivity contribution < 1.29 is 9.32 Å². The van der Waals surface area contributed by atoms with Gasteiger partial charge < -0.3 is 9.84 Å². The highest BCUT2D eigenvalue weighted by molar-refractivity contribution is 6.33. The van der Waals surface area contributed by atoms with Gasteiger partial charge in [-0.25, -0.2) is 0 Å². The number of carbonyl (C=O) groups excluding carboxylic acids is 1. The topological polar surface area (TPSA) is 71.3 Å². The highest BCUT2D eigenvalue weighted by Gasteiger charge is 2.27. The Bertz CT molecular complexity index is 1330. The second-order valence-electron chi connectivity index (χ2n) is 9.76. The third-order valence-electron chi connectivity index (χ3n) is 6.89. The zero-order valence-corrected chi connectivity index (χ0v) is 21.2. The Hall–Kier alpha value is -3.22. The van der Waals surface area contributed by atoms with Crippen molar-refractivity contribution >= 4 is 28.3 Å². The molecule has 2 unspecified atom stereocenters. The van der Waals surface area contributed by atoms with Crippen LogP contribution in [0.4, 0.5) is 0 Å². The van der Waals surface area contributed by atoms with Crippen LogP contribution in [0.5, 0.6) is 0 Å². The summed E-state index contributed by atoms with van der Waals surface area (Å²) in [7, 11) is 0. The molecule has 1 amide bonds. The van der Waals surface area contributed by atoms with Gasteiger partial charge in [0, 0.05) is 18.7 Å². The number of carbonyl (C=O) groups is 1. The Labute approximate surface area is 216 Å². The van der Waals surface area contributed by atoms with Crippen LogP contribution in [-0.2, 0) is 17.8 Å². The van der Waals surface area contributed by atoms with E-state index >= 15 is 0 Å². The van der Waals surface area contributed by atoms with Gasteiger partial charge in [-0.1, -0.05) is 78.3 Å². The number of piperidine rings is 1. The van der Waals surface area contributed by atoms with Gasteiger partial charge in [-0.15, -0.1) is 0 Å². The summed E-state index contributed by atoms with van der Waals surface area (Å²) in [6.45, 7) is 4.99. The smallest absolute Gasteiger partial charge is 0.241 e. The third kappa shape index (κ3) is 5.77. The summed E-state index contributed by atoms with van der Waals surface area (Å²) in [4.78, 5) is 19.7. The summed E-state index contributed by atoms with van der Waals surface area (Å²) >= 11 is 6.26. The molecule has 7 heteroatoms. The summed E-state index contributed by atoms with van der Waals surface area (Å²) in [5.41, 5.74) is 2.08. The van der Waals surface area contributed by atoms with Crippen LogP contribution < -0.4 is 5.32 Å². The van der Waals surface area contributed by atoms with Gasteiger partial charge >= 0.3 is 0 Å². The van der Waals surface area contributed by atoms with Crippen molar-refractivity contribution in [2.75, 3.05) is 19.6 Å². The molecule has 1 fully saturated rings. The fraction of sp³-hybridized carbons (Fsp3) is 0.345. The SMILES string of the molecule is CC(CNC(=O)C1CCCN(Cc2nc(-c3ccccc3Cl)no2)C1)Cc1cccc2ccccc12. The van der Waals surface area contributed by atoms with Crippen molar-refractivity contribution in [3.05, 3.63) is 83.2 Å². The van der Waals surface area contributed by atoms with Crippen LogP contribution in [0.25, 0.3) is 22.2 Å². The molecule has 0 spiro atoms. The highest BCUT2D eigenvalue weighted by Crippen LogP contribution is 2.26. The van der Waals surface area contributed by atoms with Gasteiger partial charge in [-0.05, 0) is 60.2 Å². The molecule has 0 radical (unpaired) electrons. The van der Waals surface area contributed by atoms with Crippen LogP contribution in [0, 0.1) is 11.8 Å². The lowest BCUT2D eigenvalue weighted by Crippen LogP contribution is -2.43. The summed E-state index contributed by atoms with van der Waals surface area (Å²) in [6.07, 6.45) is 2.80. The summed E-state index contributed by atoms with van der Waals surface area (Å²) in [5, 5.41) is 10.4. The van der Waals surface area contributed by atoms with Gasteiger partial charge in [-0.3, -0.25) is 9.69 Å². The normalized spacial score (nSPS) is 17.2. The molecule has 1 saturated heterocycles. The van der Waals surface area contributed by atoms with E-state index in [-0.39, 0.29) is 11.8 Å². The van der Waals surface area contributed by atoms with Crippen LogP contribution in [0.1, 0.15) is 31.2 Å². The minimum atomic E-state index is -0.0329. The van der Waals surface area contributed by atoms with E-state index in [9.17, 15) is 4.79 Å². The van der Waals surface area contributed by atoms with Gasteiger partial charge in [0.1, 0.15) is 0 Å². The van der Waals surface area contributed by atoms with Gasteiger partial charge in [0.15, 0.2) is 0 Å². The maximum Gasteiger partial charge on any atom is 0.241 e. The fourth-order valence-corrected chi connectivity index (χ4v) is 5.23. The molecule has 0 aliphatic carbocycles. The molecule has 0 bridgehead atoms. The number of halogens is 1. The van der Waals surface area contributed by atoms with Crippen LogP contribution in [0.2, 0.25) is 5.02 Å². The van der Waals surface area contributed by atoms with Crippen LogP contribution in [0.15, 0.2) is 71.3 Å². The number of fused-ring (bicyclic) bond motifs is 1. The van der Waals surface area contributed by atoms with Crippen molar-refractivity contribution in [1.29, 1.82) is 0 Å². The van der Waals surface area contributed by atoms with E-state index < -0.39 is 0 Å². The Morgan fingerprint density at radius 1 is 1.14 bits per heavy atom. The summed E-state index contributed by atoms with van der Waals surface area (Å²) < 4.78 is 5.48. The lowest BCUT2D eigenvalue weighted by Gasteiger charge is -2.31. The summed E-state index contributed by atoms with van der Waals surface area (Å²) in [6, 6.07) is 22.4. The molecule has 3 aromatic carbocycles. The molecule has 0 saturated carbocycles. The van der Waals surface area contributed by atoms with E-state index in [1.807, 2.05) is 24.3 Å². The van der Waals surface area contributed by atoms with Gasteiger partial charge in [0.25, 0.3) is 0 Å². The molecule has 1 aliphatic heterocycles. The first-order chi connectivity index (χ1) is 17.6. The first kappa shape index (κ1) is 24.5. The molecule has 1 aliphatic rings. The lowest BCUT2D eigenvalue weighted by molar-refractivity contribution is -0.127. The van der Waals surface area contributed by atoms with Crippen molar-refractivity contribution in [2.24, 2.45) is 11.8 Å². The Kier molecular flexibility index (Phi) is 7.63. The maximum absolute atomic E-state index is 13.0. The second-order valence-corrected chi connectivity index (χ2v) is 10.2. The predicted octanol–water partition coefficient (Wildman–Crippen LogP) is 5.75. The van der Waals surface area contributed by atoms with Crippen molar-refractivity contribution in [3.8, 4) is 11.4 Å². The Morgan fingerprint density at radius 3 is 2.83 bits per heavy atom. The molecular weight excluding hydrogens is 472 g/mol. The third-order valence-corrected chi connectivity index (χ3v) is 7.22. The first-order valence-corrected chi connectivity index (χ1v) is 13.0. The largest absolute Gasteiger partial charge is 0.356 e. The number of benzene rings is 3. The zero-order valence-electron chi connectivity index (χ0n) is 20.5. The number of hydrogen-bond acceptors (Lipinski definition) is 5. The standard InChI is InChI=1S/C29H31ClN4O2/c1-20(16-22-10-6-9-21-8-2-3-12-24(21)22)17-31-29(35)23-11-7-15-34(18-23)19-27-32-28(33-36-27)25-13-4-5-14-26(25)30/h2-6,8-10,12-14,20,23H,7,11,15-19H2,1H3,(H,31,35). The molecule has 1 N–H and O–H groups in total. The zero-order chi connectivity index (χ0) is 24.9. The molecule has 36 heavy (non-hydrogen) atoms. The van der Waals surface area contributed by atoms with E-state index in [2.05, 4.69) is 69.7 Å².